The van der Waals surface area contributed by atoms with Crippen molar-refractivity contribution in [2.45, 2.75) is 26.4 Å². The van der Waals surface area contributed by atoms with Gasteiger partial charge in [0.15, 0.2) is 5.78 Å². The molecule has 0 unspecified atom stereocenters. The number of aliphatic hydroxyl groups is 1. The zero-order valence-corrected chi connectivity index (χ0v) is 13.3. The molecule has 0 aromatic heterocycles. The van der Waals surface area contributed by atoms with Crippen LogP contribution in [-0.4, -0.2) is 28.1 Å². The van der Waals surface area contributed by atoms with Gasteiger partial charge in [0.05, 0.1) is 0 Å². The minimum atomic E-state index is -1.48. The lowest BCUT2D eigenvalue weighted by Crippen LogP contribution is -2.31. The topological polar surface area (TPSA) is 71.4 Å². The predicted molar refractivity (Wildman–Crippen MR) is 86.9 cm³/mol. The molecule has 0 fully saturated rings. The van der Waals surface area contributed by atoms with Crippen LogP contribution in [0, 0.1) is 6.92 Å². The fourth-order valence-corrected chi connectivity index (χ4v) is 2.09. The zero-order valence-electron chi connectivity index (χ0n) is 13.3. The van der Waals surface area contributed by atoms with Gasteiger partial charge in [0.2, 0.25) is 11.6 Å². The molecule has 0 aliphatic carbocycles. The number of rotatable bonds is 5. The van der Waals surface area contributed by atoms with Crippen molar-refractivity contribution in [3.63, 3.8) is 0 Å². The van der Waals surface area contributed by atoms with E-state index < -0.39 is 23.0 Å². The van der Waals surface area contributed by atoms with Crippen LogP contribution < -0.4 is 0 Å². The average molecular weight is 310 g/mol. The molecule has 0 spiro atoms. The van der Waals surface area contributed by atoms with Crippen LogP contribution in [0.25, 0.3) is 0 Å². The van der Waals surface area contributed by atoms with Crippen LogP contribution >= 0.6 is 0 Å². The van der Waals surface area contributed by atoms with Crippen molar-refractivity contribution < 1.29 is 19.5 Å². The SMILES string of the molecule is Cc1ccc(C(=O)C(=O)c2ccc(C(=O)C(C)(C)O)cc2)cc1. The lowest BCUT2D eigenvalue weighted by molar-refractivity contribution is 0.0488. The van der Waals surface area contributed by atoms with Crippen molar-refractivity contribution >= 4 is 17.3 Å². The van der Waals surface area contributed by atoms with Gasteiger partial charge in [-0.3, -0.25) is 14.4 Å². The molecule has 1 N–H and O–H groups in total. The molecular weight excluding hydrogens is 292 g/mol. The summed E-state index contributed by atoms with van der Waals surface area (Å²) in [5, 5.41) is 9.71. The third-order valence-corrected chi connectivity index (χ3v) is 3.48. The maximum Gasteiger partial charge on any atom is 0.233 e. The van der Waals surface area contributed by atoms with E-state index in [9.17, 15) is 19.5 Å². The van der Waals surface area contributed by atoms with Gasteiger partial charge in [0.1, 0.15) is 5.60 Å². The Morgan fingerprint density at radius 3 is 1.48 bits per heavy atom. The second-order valence-electron chi connectivity index (χ2n) is 5.99. The van der Waals surface area contributed by atoms with Crippen LogP contribution in [0.15, 0.2) is 48.5 Å². The van der Waals surface area contributed by atoms with Crippen molar-refractivity contribution in [1.29, 1.82) is 0 Å². The summed E-state index contributed by atoms with van der Waals surface area (Å²) in [6.07, 6.45) is 0. The molecule has 4 heteroatoms. The van der Waals surface area contributed by atoms with Crippen LogP contribution in [-0.2, 0) is 0 Å². The minimum Gasteiger partial charge on any atom is -0.382 e. The predicted octanol–water partition coefficient (Wildman–Crippen LogP) is 3.01. The van der Waals surface area contributed by atoms with Gasteiger partial charge in [-0.25, -0.2) is 0 Å². The maximum absolute atomic E-state index is 12.2. The smallest absolute Gasteiger partial charge is 0.233 e. The Morgan fingerprint density at radius 2 is 1.09 bits per heavy atom. The Hall–Kier alpha value is -2.59. The normalized spacial score (nSPS) is 11.1. The highest BCUT2D eigenvalue weighted by Gasteiger charge is 2.25. The van der Waals surface area contributed by atoms with Gasteiger partial charge in [-0.1, -0.05) is 54.1 Å². The number of benzene rings is 2. The first-order valence-electron chi connectivity index (χ1n) is 7.23. The third-order valence-electron chi connectivity index (χ3n) is 3.48. The van der Waals surface area contributed by atoms with E-state index in [-0.39, 0.29) is 11.1 Å². The highest BCUT2D eigenvalue weighted by atomic mass is 16.3. The molecule has 2 aromatic rings. The van der Waals surface area contributed by atoms with Gasteiger partial charge in [-0.05, 0) is 20.8 Å². The Bertz CT molecular complexity index is 747. The lowest BCUT2D eigenvalue weighted by atomic mass is 9.94. The molecule has 0 heterocycles. The molecule has 0 saturated heterocycles. The lowest BCUT2D eigenvalue weighted by Gasteiger charge is -2.15. The van der Waals surface area contributed by atoms with Crippen LogP contribution in [0.1, 0.15) is 50.5 Å². The highest BCUT2D eigenvalue weighted by Crippen LogP contribution is 2.15. The van der Waals surface area contributed by atoms with Crippen molar-refractivity contribution in [3.05, 3.63) is 70.8 Å². The molecule has 2 rings (SSSR count). The molecule has 0 radical (unpaired) electrons. The quantitative estimate of drug-likeness (QED) is 0.680. The van der Waals surface area contributed by atoms with E-state index in [4.69, 9.17) is 0 Å². The summed E-state index contributed by atoms with van der Waals surface area (Å²) in [5.74, 6) is -1.66. The number of aryl methyl sites for hydroxylation is 1. The Morgan fingerprint density at radius 1 is 0.739 bits per heavy atom. The number of hydrogen-bond donors (Lipinski definition) is 1. The van der Waals surface area contributed by atoms with Gasteiger partial charge >= 0.3 is 0 Å². The summed E-state index contributed by atoms with van der Waals surface area (Å²) in [4.78, 5) is 36.3. The molecule has 0 atom stereocenters. The number of hydrogen-bond acceptors (Lipinski definition) is 4. The van der Waals surface area contributed by atoms with Crippen molar-refractivity contribution in [2.24, 2.45) is 0 Å². The molecule has 2 aromatic carbocycles. The summed E-state index contributed by atoms with van der Waals surface area (Å²) in [6.45, 7) is 4.69. The van der Waals surface area contributed by atoms with E-state index in [1.54, 1.807) is 24.3 Å². The largest absolute Gasteiger partial charge is 0.382 e. The molecule has 23 heavy (non-hydrogen) atoms. The molecular formula is C19H18O4. The van der Waals surface area contributed by atoms with E-state index in [0.717, 1.165) is 5.56 Å². The molecule has 0 saturated carbocycles. The van der Waals surface area contributed by atoms with Gasteiger partial charge in [-0.15, -0.1) is 0 Å². The number of Topliss-reactive ketones (excluding diaryl/α,β-unsaturated/α-hetero) is 3. The molecule has 0 aliphatic heterocycles. The first-order valence-corrected chi connectivity index (χ1v) is 7.23. The van der Waals surface area contributed by atoms with Crippen LogP contribution in [0.4, 0.5) is 0 Å². The second-order valence-corrected chi connectivity index (χ2v) is 5.99. The van der Waals surface area contributed by atoms with E-state index in [2.05, 4.69) is 0 Å². The number of carbonyl (C=O) groups is 3. The fourth-order valence-electron chi connectivity index (χ4n) is 2.09. The van der Waals surface area contributed by atoms with Gasteiger partial charge < -0.3 is 5.11 Å². The summed E-state index contributed by atoms with van der Waals surface area (Å²) in [7, 11) is 0. The number of ketones is 3. The van der Waals surface area contributed by atoms with Crippen LogP contribution in [0.3, 0.4) is 0 Å². The van der Waals surface area contributed by atoms with Crippen molar-refractivity contribution in [3.8, 4) is 0 Å². The summed E-state index contributed by atoms with van der Waals surface area (Å²) in [5.41, 5.74) is 0.351. The Kier molecular flexibility index (Phi) is 4.57. The van der Waals surface area contributed by atoms with Crippen LogP contribution in [0.2, 0.25) is 0 Å². The molecule has 4 nitrogen and oxygen atoms in total. The third kappa shape index (κ3) is 3.79. The van der Waals surface area contributed by atoms with Gasteiger partial charge in [0.25, 0.3) is 0 Å². The van der Waals surface area contributed by atoms with Crippen LogP contribution in [0.5, 0.6) is 0 Å². The monoisotopic (exact) mass is 310 g/mol. The summed E-state index contributed by atoms with van der Waals surface area (Å²) < 4.78 is 0. The molecule has 0 aliphatic rings. The van der Waals surface area contributed by atoms with E-state index >= 15 is 0 Å². The van der Waals surface area contributed by atoms with E-state index in [0.29, 0.717) is 5.56 Å². The number of carbonyl (C=O) groups excluding carboxylic acids is 3. The second kappa shape index (κ2) is 6.26. The standard InChI is InChI=1S/C19H18O4/c1-12-4-6-13(7-5-12)16(20)17(21)14-8-10-15(11-9-14)18(22)19(2,3)23/h4-11,23H,1-3H3. The zero-order chi connectivity index (χ0) is 17.2. The fraction of sp³-hybridized carbons (Fsp3) is 0.211. The molecule has 0 amide bonds. The van der Waals surface area contributed by atoms with Crippen molar-refractivity contribution in [2.75, 3.05) is 0 Å². The molecule has 0 bridgehead atoms. The van der Waals surface area contributed by atoms with E-state index in [1.807, 2.05) is 6.92 Å². The van der Waals surface area contributed by atoms with E-state index in [1.165, 1.54) is 38.1 Å². The Balaban J connectivity index is 2.22. The summed E-state index contributed by atoms with van der Waals surface area (Å²) in [6, 6.07) is 12.5. The average Bonchev–Trinajstić information content (AvgIpc) is 2.53. The maximum atomic E-state index is 12.2. The van der Waals surface area contributed by atoms with Gasteiger partial charge in [0, 0.05) is 16.7 Å². The summed E-state index contributed by atoms with van der Waals surface area (Å²) >= 11 is 0. The highest BCUT2D eigenvalue weighted by molar-refractivity contribution is 6.49. The molecule has 118 valence electrons. The Labute approximate surface area is 134 Å². The first-order chi connectivity index (χ1) is 10.7. The minimum absolute atomic E-state index is 0.211. The first kappa shape index (κ1) is 16.8. The van der Waals surface area contributed by atoms with Gasteiger partial charge in [-0.2, -0.15) is 0 Å². The van der Waals surface area contributed by atoms with Crippen molar-refractivity contribution in [1.82, 2.24) is 0 Å².